The van der Waals surface area contributed by atoms with E-state index < -0.39 is 0 Å². The number of ether oxygens (including phenoxy) is 1. The van der Waals surface area contributed by atoms with Gasteiger partial charge in [-0.25, -0.2) is 4.98 Å². The monoisotopic (exact) mass is 301 g/mol. The molecule has 0 aromatic carbocycles. The number of rotatable bonds is 5. The van der Waals surface area contributed by atoms with Crippen molar-refractivity contribution in [3.63, 3.8) is 0 Å². The highest BCUT2D eigenvalue weighted by atomic mass is 16.5. The minimum Gasteiger partial charge on any atom is -0.493 e. The molecule has 0 N–H and O–H groups in total. The molecule has 0 spiro atoms. The summed E-state index contributed by atoms with van der Waals surface area (Å²) in [4.78, 5) is 11.0. The summed E-state index contributed by atoms with van der Waals surface area (Å²) in [5, 5.41) is 0. The third-order valence-corrected chi connectivity index (χ3v) is 4.01. The van der Waals surface area contributed by atoms with Gasteiger partial charge in [0, 0.05) is 43.9 Å². The van der Waals surface area contributed by atoms with Gasteiger partial charge < -0.3 is 9.15 Å². The zero-order valence-corrected chi connectivity index (χ0v) is 13.3. The molecule has 22 heavy (non-hydrogen) atoms. The second kappa shape index (κ2) is 6.92. The molecule has 5 nitrogen and oxygen atoms in total. The van der Waals surface area contributed by atoms with Gasteiger partial charge in [-0.3, -0.25) is 9.88 Å². The van der Waals surface area contributed by atoms with Crippen LogP contribution in [0.25, 0.3) is 0 Å². The lowest BCUT2D eigenvalue weighted by molar-refractivity contribution is 0.124. The van der Waals surface area contributed by atoms with Crippen LogP contribution in [0.1, 0.15) is 30.1 Å². The zero-order valence-electron chi connectivity index (χ0n) is 13.3. The maximum absolute atomic E-state index is 5.93. The average molecular weight is 301 g/mol. The molecule has 0 saturated carbocycles. The van der Waals surface area contributed by atoms with Gasteiger partial charge in [-0.2, -0.15) is 0 Å². The first kappa shape index (κ1) is 15.0. The van der Waals surface area contributed by atoms with Crippen LogP contribution in [0.5, 0.6) is 5.75 Å². The van der Waals surface area contributed by atoms with Crippen LogP contribution in [0.4, 0.5) is 0 Å². The molecule has 1 aliphatic heterocycles. The van der Waals surface area contributed by atoms with Crippen molar-refractivity contribution in [1.82, 2.24) is 14.9 Å². The minimum absolute atomic E-state index is 0.565. The van der Waals surface area contributed by atoms with Crippen molar-refractivity contribution >= 4 is 0 Å². The van der Waals surface area contributed by atoms with Crippen LogP contribution in [0.3, 0.4) is 0 Å². The van der Waals surface area contributed by atoms with Gasteiger partial charge >= 0.3 is 0 Å². The number of hydrogen-bond acceptors (Lipinski definition) is 5. The normalized spacial score (nSPS) is 19.3. The molecule has 2 aromatic rings. The number of likely N-dealkylation sites (tertiary alicyclic amines) is 1. The minimum atomic E-state index is 0.565. The Hall–Kier alpha value is -1.88. The quantitative estimate of drug-likeness (QED) is 0.850. The summed E-state index contributed by atoms with van der Waals surface area (Å²) >= 11 is 0. The van der Waals surface area contributed by atoms with E-state index in [1.165, 1.54) is 12.8 Å². The third-order valence-electron chi connectivity index (χ3n) is 4.01. The average Bonchev–Trinajstić information content (AvgIpc) is 2.91. The second-order valence-electron chi connectivity index (χ2n) is 6.05. The van der Waals surface area contributed by atoms with Crippen LogP contribution >= 0.6 is 0 Å². The zero-order chi connectivity index (χ0) is 15.4. The summed E-state index contributed by atoms with van der Waals surface area (Å²) in [5.74, 6) is 2.21. The molecule has 1 atom stereocenters. The fraction of sp³-hybridized carbons (Fsp3) is 0.529. The molecule has 1 aliphatic rings. The van der Waals surface area contributed by atoms with Crippen molar-refractivity contribution in [2.75, 3.05) is 19.7 Å². The van der Waals surface area contributed by atoms with E-state index in [1.807, 2.05) is 26.0 Å². The molecule has 1 fully saturated rings. The Morgan fingerprint density at radius 1 is 1.41 bits per heavy atom. The number of nitrogens with zero attached hydrogens (tertiary/aromatic N) is 3. The van der Waals surface area contributed by atoms with Crippen LogP contribution in [-0.2, 0) is 6.54 Å². The van der Waals surface area contributed by atoms with Gasteiger partial charge in [-0.1, -0.05) is 0 Å². The number of piperidine rings is 1. The number of oxazole rings is 1. The van der Waals surface area contributed by atoms with Crippen molar-refractivity contribution in [2.45, 2.75) is 33.2 Å². The van der Waals surface area contributed by atoms with Crippen molar-refractivity contribution in [3.05, 3.63) is 41.9 Å². The molecule has 0 amide bonds. The summed E-state index contributed by atoms with van der Waals surface area (Å²) in [6.45, 7) is 7.66. The number of hydrogen-bond donors (Lipinski definition) is 0. The Balaban J connectivity index is 1.50. The predicted octanol–water partition coefficient (Wildman–Crippen LogP) is 2.98. The van der Waals surface area contributed by atoms with Gasteiger partial charge in [0.25, 0.3) is 0 Å². The number of aromatic nitrogens is 2. The Kier molecular flexibility index (Phi) is 4.73. The number of pyridine rings is 1. The van der Waals surface area contributed by atoms with E-state index in [2.05, 4.69) is 14.9 Å². The predicted molar refractivity (Wildman–Crippen MR) is 83.7 cm³/mol. The third kappa shape index (κ3) is 4.07. The first-order valence-electron chi connectivity index (χ1n) is 7.88. The van der Waals surface area contributed by atoms with Crippen LogP contribution in [0.2, 0.25) is 0 Å². The Morgan fingerprint density at radius 3 is 3.09 bits per heavy atom. The molecule has 0 bridgehead atoms. The van der Waals surface area contributed by atoms with E-state index in [9.17, 15) is 0 Å². The largest absolute Gasteiger partial charge is 0.493 e. The molecular formula is C17H23N3O2. The standard InChI is InChI=1S/C17H23N3O2/c1-13-8-17(5-6-18-13)22-11-15-4-3-7-20(9-15)10-16-12-21-14(2)19-16/h5-6,8,12,15H,3-4,7,9-11H2,1-2H3. The van der Waals surface area contributed by atoms with Gasteiger partial charge in [0.15, 0.2) is 5.89 Å². The Morgan fingerprint density at radius 2 is 2.32 bits per heavy atom. The Bertz CT molecular complexity index is 611. The van der Waals surface area contributed by atoms with E-state index in [4.69, 9.17) is 9.15 Å². The van der Waals surface area contributed by atoms with Gasteiger partial charge in [0.2, 0.25) is 0 Å². The molecule has 5 heteroatoms. The highest BCUT2D eigenvalue weighted by molar-refractivity contribution is 5.21. The van der Waals surface area contributed by atoms with E-state index in [1.54, 1.807) is 12.5 Å². The molecular weight excluding hydrogens is 278 g/mol. The summed E-state index contributed by atoms with van der Waals surface area (Å²) in [6.07, 6.45) is 5.98. The van der Waals surface area contributed by atoms with Gasteiger partial charge in [-0.05, 0) is 32.4 Å². The molecule has 2 aromatic heterocycles. The van der Waals surface area contributed by atoms with Gasteiger partial charge in [0.05, 0.1) is 12.3 Å². The Labute approximate surface area is 131 Å². The maximum atomic E-state index is 5.93. The lowest BCUT2D eigenvalue weighted by atomic mass is 9.99. The fourth-order valence-electron chi connectivity index (χ4n) is 2.96. The first-order valence-corrected chi connectivity index (χ1v) is 7.88. The molecule has 1 unspecified atom stereocenters. The number of aryl methyl sites for hydroxylation is 2. The summed E-state index contributed by atoms with van der Waals surface area (Å²) < 4.78 is 11.2. The van der Waals surface area contributed by atoms with Crippen LogP contribution < -0.4 is 4.74 Å². The summed E-state index contributed by atoms with van der Waals surface area (Å²) in [6, 6.07) is 3.91. The van der Waals surface area contributed by atoms with Crippen molar-refractivity contribution < 1.29 is 9.15 Å². The van der Waals surface area contributed by atoms with Gasteiger partial charge in [-0.15, -0.1) is 0 Å². The van der Waals surface area contributed by atoms with E-state index in [-0.39, 0.29) is 0 Å². The lowest BCUT2D eigenvalue weighted by Gasteiger charge is -2.32. The molecule has 3 rings (SSSR count). The molecule has 0 radical (unpaired) electrons. The topological polar surface area (TPSA) is 51.4 Å². The fourth-order valence-corrected chi connectivity index (χ4v) is 2.96. The highest BCUT2D eigenvalue weighted by Crippen LogP contribution is 2.20. The van der Waals surface area contributed by atoms with Crippen molar-refractivity contribution in [2.24, 2.45) is 5.92 Å². The second-order valence-corrected chi connectivity index (χ2v) is 6.05. The van der Waals surface area contributed by atoms with E-state index >= 15 is 0 Å². The van der Waals surface area contributed by atoms with Gasteiger partial charge in [0.1, 0.15) is 12.0 Å². The lowest BCUT2D eigenvalue weighted by Crippen LogP contribution is -2.37. The summed E-state index contributed by atoms with van der Waals surface area (Å²) in [7, 11) is 0. The van der Waals surface area contributed by atoms with E-state index in [0.29, 0.717) is 5.92 Å². The highest BCUT2D eigenvalue weighted by Gasteiger charge is 2.21. The smallest absolute Gasteiger partial charge is 0.191 e. The van der Waals surface area contributed by atoms with Crippen molar-refractivity contribution in [3.8, 4) is 5.75 Å². The molecule has 3 heterocycles. The molecule has 0 aliphatic carbocycles. The van der Waals surface area contributed by atoms with Crippen LogP contribution in [0, 0.1) is 19.8 Å². The van der Waals surface area contributed by atoms with Crippen LogP contribution in [0.15, 0.2) is 29.0 Å². The maximum Gasteiger partial charge on any atom is 0.191 e. The van der Waals surface area contributed by atoms with Crippen molar-refractivity contribution in [1.29, 1.82) is 0 Å². The SMILES string of the molecule is Cc1cc(OCC2CCCN(Cc3coc(C)n3)C2)ccn1. The van der Waals surface area contributed by atoms with Crippen LogP contribution in [-0.4, -0.2) is 34.6 Å². The molecule has 118 valence electrons. The summed E-state index contributed by atoms with van der Waals surface area (Å²) in [5.41, 5.74) is 2.01. The first-order chi connectivity index (χ1) is 10.7. The molecule has 1 saturated heterocycles. The van der Waals surface area contributed by atoms with E-state index in [0.717, 1.165) is 49.3 Å².